The maximum atomic E-state index is 12.8. The summed E-state index contributed by atoms with van der Waals surface area (Å²) in [5.74, 6) is 0.452. The van der Waals surface area contributed by atoms with Crippen molar-refractivity contribution in [1.82, 2.24) is 23.4 Å². The summed E-state index contributed by atoms with van der Waals surface area (Å²) in [6, 6.07) is 3.11. The first-order valence-electron chi connectivity index (χ1n) is 9.97. The van der Waals surface area contributed by atoms with Crippen LogP contribution in [0.4, 0.5) is 10.5 Å². The molecular formula is C18H30N6O5S. The summed E-state index contributed by atoms with van der Waals surface area (Å²) >= 11 is 0. The van der Waals surface area contributed by atoms with Crippen LogP contribution in [0.25, 0.3) is 0 Å². The summed E-state index contributed by atoms with van der Waals surface area (Å²) in [5.41, 5.74) is 0.548. The van der Waals surface area contributed by atoms with Gasteiger partial charge in [-0.15, -0.1) is 0 Å². The minimum atomic E-state index is -3.48. The second-order valence-corrected chi connectivity index (χ2v) is 9.18. The van der Waals surface area contributed by atoms with Gasteiger partial charge in [-0.25, -0.2) is 9.78 Å². The first-order chi connectivity index (χ1) is 14.4. The molecule has 0 saturated carbocycles. The molecule has 30 heavy (non-hydrogen) atoms. The molecule has 0 spiro atoms. The van der Waals surface area contributed by atoms with Gasteiger partial charge >= 0.3 is 6.03 Å². The summed E-state index contributed by atoms with van der Waals surface area (Å²) in [6.45, 7) is 4.56. The third-order valence-corrected chi connectivity index (χ3v) is 7.20. The highest BCUT2D eigenvalue weighted by Gasteiger charge is 2.34. The minimum absolute atomic E-state index is 0.276. The summed E-state index contributed by atoms with van der Waals surface area (Å²) in [4.78, 5) is 20.4. The van der Waals surface area contributed by atoms with Gasteiger partial charge < -0.3 is 24.6 Å². The smallest absolute Gasteiger partial charge is 0.321 e. The number of hydrogen-bond acceptors (Lipinski definition) is 7. The lowest BCUT2D eigenvalue weighted by Gasteiger charge is -2.39. The highest BCUT2D eigenvalue weighted by atomic mass is 32.2. The van der Waals surface area contributed by atoms with Gasteiger partial charge in [0.2, 0.25) is 5.88 Å². The van der Waals surface area contributed by atoms with Crippen molar-refractivity contribution in [2.24, 2.45) is 0 Å². The molecule has 0 unspecified atom stereocenters. The third kappa shape index (κ3) is 5.79. The number of hydrogen-bond donors (Lipinski definition) is 1. The van der Waals surface area contributed by atoms with Crippen molar-refractivity contribution in [3.63, 3.8) is 0 Å². The number of aromatic nitrogens is 1. The Hall–Kier alpha value is -1.99. The molecule has 2 saturated heterocycles. The molecule has 2 aliphatic heterocycles. The van der Waals surface area contributed by atoms with Crippen molar-refractivity contribution in [2.75, 3.05) is 85.0 Å². The van der Waals surface area contributed by atoms with E-state index in [1.165, 1.54) is 14.8 Å². The maximum Gasteiger partial charge on any atom is 0.321 e. The Labute approximate surface area is 177 Å². The van der Waals surface area contributed by atoms with E-state index in [1.54, 1.807) is 24.1 Å². The second kappa shape index (κ2) is 10.4. The monoisotopic (exact) mass is 442 g/mol. The molecule has 0 bridgehead atoms. The van der Waals surface area contributed by atoms with Gasteiger partial charge in [-0.3, -0.25) is 0 Å². The largest absolute Gasteiger partial charge is 0.475 e. The number of nitrogens with zero attached hydrogens (tertiary/aromatic N) is 5. The number of rotatable bonds is 7. The molecule has 2 aliphatic rings. The molecule has 2 fully saturated rings. The zero-order chi connectivity index (χ0) is 21.6. The lowest BCUT2D eigenvalue weighted by Crippen LogP contribution is -2.57. The van der Waals surface area contributed by atoms with Gasteiger partial charge in [0.1, 0.15) is 6.61 Å². The van der Waals surface area contributed by atoms with Crippen molar-refractivity contribution in [3.05, 3.63) is 18.3 Å². The average molecular weight is 443 g/mol. The minimum Gasteiger partial charge on any atom is -0.475 e. The topological polar surface area (TPSA) is 108 Å². The second-order valence-electron chi connectivity index (χ2n) is 7.25. The fourth-order valence-electron chi connectivity index (χ4n) is 3.28. The fourth-order valence-corrected chi connectivity index (χ4v) is 4.85. The van der Waals surface area contributed by atoms with E-state index in [2.05, 4.69) is 15.2 Å². The van der Waals surface area contributed by atoms with Gasteiger partial charge in [0.25, 0.3) is 10.2 Å². The van der Waals surface area contributed by atoms with E-state index in [0.717, 1.165) is 13.1 Å². The number of ether oxygens (including phenoxy) is 2. The lowest BCUT2D eigenvalue weighted by atomic mass is 10.3. The Bertz CT molecular complexity index is 790. The molecule has 3 heterocycles. The molecule has 0 radical (unpaired) electrons. The number of piperazine rings is 2. The first-order valence-corrected chi connectivity index (χ1v) is 11.4. The van der Waals surface area contributed by atoms with Crippen molar-refractivity contribution in [1.29, 1.82) is 0 Å². The number of methoxy groups -OCH3 is 1. The van der Waals surface area contributed by atoms with Gasteiger partial charge in [0, 0.05) is 65.5 Å². The maximum absolute atomic E-state index is 12.8. The Morgan fingerprint density at radius 1 is 1.03 bits per heavy atom. The van der Waals surface area contributed by atoms with Crippen LogP contribution in [0.5, 0.6) is 5.88 Å². The molecule has 1 aromatic heterocycles. The molecule has 1 N–H and O–H groups in total. The molecular weight excluding hydrogens is 412 g/mol. The van der Waals surface area contributed by atoms with Gasteiger partial charge in [-0.1, -0.05) is 0 Å². The molecule has 12 heteroatoms. The van der Waals surface area contributed by atoms with E-state index < -0.39 is 10.2 Å². The fraction of sp³-hybridized carbons (Fsp3) is 0.667. The highest BCUT2D eigenvalue weighted by molar-refractivity contribution is 7.86. The Kier molecular flexibility index (Phi) is 7.83. The van der Waals surface area contributed by atoms with E-state index in [4.69, 9.17) is 9.47 Å². The van der Waals surface area contributed by atoms with Gasteiger partial charge in [0.05, 0.1) is 18.5 Å². The Morgan fingerprint density at radius 3 is 2.23 bits per heavy atom. The van der Waals surface area contributed by atoms with Crippen LogP contribution in [0.1, 0.15) is 0 Å². The number of carbonyl (C=O) groups excluding carboxylic acids is 1. The lowest BCUT2D eigenvalue weighted by molar-refractivity contribution is 0.144. The molecule has 2 amide bonds. The summed E-state index contributed by atoms with van der Waals surface area (Å²) in [7, 11) is 0.0971. The van der Waals surface area contributed by atoms with E-state index in [9.17, 15) is 13.2 Å². The third-order valence-electron chi connectivity index (χ3n) is 5.17. The number of anilines is 1. The number of nitrogens with one attached hydrogen (secondary N) is 1. The van der Waals surface area contributed by atoms with Crippen LogP contribution in [-0.4, -0.2) is 118 Å². The number of pyridine rings is 1. The van der Waals surface area contributed by atoms with Gasteiger partial charge in [-0.05, 0) is 13.1 Å². The summed E-state index contributed by atoms with van der Waals surface area (Å²) in [6.07, 6.45) is 1.52. The van der Waals surface area contributed by atoms with E-state index in [0.29, 0.717) is 51.0 Å². The number of amides is 2. The van der Waals surface area contributed by atoms with E-state index in [1.807, 2.05) is 7.05 Å². The molecule has 0 aromatic carbocycles. The zero-order valence-electron chi connectivity index (χ0n) is 17.5. The van der Waals surface area contributed by atoms with Crippen LogP contribution < -0.4 is 10.1 Å². The van der Waals surface area contributed by atoms with E-state index in [-0.39, 0.29) is 19.1 Å². The van der Waals surface area contributed by atoms with Crippen molar-refractivity contribution < 1.29 is 22.7 Å². The average Bonchev–Trinajstić information content (AvgIpc) is 2.75. The van der Waals surface area contributed by atoms with Crippen molar-refractivity contribution in [3.8, 4) is 5.88 Å². The van der Waals surface area contributed by atoms with E-state index >= 15 is 0 Å². The summed E-state index contributed by atoms with van der Waals surface area (Å²) in [5, 5.41) is 2.79. The standard InChI is InChI=1S/C18H30N6O5S/c1-21-5-9-23(10-6-21)30(26,27)24-11-7-22(8-12-24)18(25)20-16-3-4-17(19-15-16)29-14-13-28-2/h3-4,15H,5-14H2,1-2H3,(H,20,25). The molecule has 0 aliphatic carbocycles. The van der Waals surface area contributed by atoms with Gasteiger partial charge in [0.15, 0.2) is 0 Å². The molecule has 3 rings (SSSR count). The summed E-state index contributed by atoms with van der Waals surface area (Å²) < 4.78 is 39.0. The van der Waals surface area contributed by atoms with Crippen LogP contribution in [0.15, 0.2) is 18.3 Å². The molecule has 0 atom stereocenters. The first kappa shape index (κ1) is 22.7. The molecule has 1 aromatic rings. The number of likely N-dealkylation sites (N-methyl/N-ethyl adjacent to an activating group) is 1. The van der Waals surface area contributed by atoms with Crippen LogP contribution in [0.3, 0.4) is 0 Å². The number of urea groups is 1. The van der Waals surface area contributed by atoms with Crippen LogP contribution in [0, 0.1) is 0 Å². The predicted molar refractivity (Wildman–Crippen MR) is 112 cm³/mol. The molecule has 11 nitrogen and oxygen atoms in total. The number of carbonyl (C=O) groups is 1. The Balaban J connectivity index is 1.47. The molecule has 168 valence electrons. The zero-order valence-corrected chi connectivity index (χ0v) is 18.3. The van der Waals surface area contributed by atoms with Crippen molar-refractivity contribution in [2.45, 2.75) is 0 Å². The SMILES string of the molecule is COCCOc1ccc(NC(=O)N2CCN(S(=O)(=O)N3CCN(C)CC3)CC2)cn1. The quantitative estimate of drug-likeness (QED) is 0.580. The Morgan fingerprint density at radius 2 is 1.67 bits per heavy atom. The van der Waals surface area contributed by atoms with Crippen molar-refractivity contribution >= 4 is 21.9 Å². The highest BCUT2D eigenvalue weighted by Crippen LogP contribution is 2.16. The van der Waals surface area contributed by atoms with Gasteiger partial charge in [-0.2, -0.15) is 17.0 Å². The predicted octanol–water partition coefficient (Wildman–Crippen LogP) is -0.251. The van der Waals surface area contributed by atoms with Crippen LogP contribution in [-0.2, 0) is 14.9 Å². The normalized spacial score (nSPS) is 19.6. The van der Waals surface area contributed by atoms with Crippen LogP contribution in [0.2, 0.25) is 0 Å². The van der Waals surface area contributed by atoms with Crippen LogP contribution >= 0.6 is 0 Å².